The molecule has 0 bridgehead atoms. The standard InChI is InChI=1S/C18H33NO2S/c1-3-5-7-9-11-13-15(14-12-10-8-6-4-2)16-17(20)19-18(21)22-16/h15-16H,3-14H2,1-2H3,(H,19,20,21). The SMILES string of the molecule is CCCCCCCC(CCCCCCC)C1SC(=O)NC1=O. The van der Waals surface area contributed by atoms with Gasteiger partial charge in [0.1, 0.15) is 0 Å². The molecule has 1 saturated heterocycles. The predicted molar refractivity (Wildman–Crippen MR) is 95.2 cm³/mol. The molecule has 2 amide bonds. The van der Waals surface area contributed by atoms with E-state index < -0.39 is 0 Å². The van der Waals surface area contributed by atoms with Crippen LogP contribution < -0.4 is 5.32 Å². The van der Waals surface area contributed by atoms with Gasteiger partial charge in [0, 0.05) is 0 Å². The number of thioether (sulfide) groups is 1. The average molecular weight is 328 g/mol. The van der Waals surface area contributed by atoms with Crippen LogP contribution in [-0.4, -0.2) is 16.4 Å². The molecule has 1 heterocycles. The number of nitrogens with one attached hydrogen (secondary N) is 1. The van der Waals surface area contributed by atoms with E-state index in [1.165, 1.54) is 76.0 Å². The third kappa shape index (κ3) is 7.66. The van der Waals surface area contributed by atoms with Gasteiger partial charge in [-0.1, -0.05) is 89.8 Å². The molecule has 0 aliphatic carbocycles. The summed E-state index contributed by atoms with van der Waals surface area (Å²) in [7, 11) is 0. The molecule has 0 spiro atoms. The maximum Gasteiger partial charge on any atom is 0.286 e. The second-order valence-corrected chi connectivity index (χ2v) is 7.60. The maximum atomic E-state index is 11.9. The zero-order valence-corrected chi connectivity index (χ0v) is 15.2. The molecule has 0 radical (unpaired) electrons. The molecule has 0 aromatic rings. The second-order valence-electron chi connectivity index (χ2n) is 6.48. The highest BCUT2D eigenvalue weighted by atomic mass is 32.2. The summed E-state index contributed by atoms with van der Waals surface area (Å²) in [5, 5.41) is 2.16. The summed E-state index contributed by atoms with van der Waals surface area (Å²) < 4.78 is 0. The van der Waals surface area contributed by atoms with Gasteiger partial charge in [0.15, 0.2) is 0 Å². The van der Waals surface area contributed by atoms with Gasteiger partial charge in [-0.05, 0) is 18.8 Å². The van der Waals surface area contributed by atoms with Crippen LogP contribution >= 0.6 is 11.8 Å². The van der Waals surface area contributed by atoms with Crippen molar-refractivity contribution in [1.82, 2.24) is 5.32 Å². The van der Waals surface area contributed by atoms with E-state index in [-0.39, 0.29) is 16.4 Å². The monoisotopic (exact) mass is 327 g/mol. The van der Waals surface area contributed by atoms with E-state index in [2.05, 4.69) is 19.2 Å². The molecule has 1 aliphatic heterocycles. The van der Waals surface area contributed by atoms with E-state index in [4.69, 9.17) is 0 Å². The van der Waals surface area contributed by atoms with E-state index in [0.717, 1.165) is 12.8 Å². The molecule has 4 heteroatoms. The fourth-order valence-corrected chi connectivity index (χ4v) is 4.17. The molecule has 22 heavy (non-hydrogen) atoms. The van der Waals surface area contributed by atoms with Gasteiger partial charge in [-0.3, -0.25) is 14.9 Å². The Morgan fingerprint density at radius 2 is 1.36 bits per heavy atom. The summed E-state index contributed by atoms with van der Waals surface area (Å²) in [5.41, 5.74) is 0. The molecule has 1 rings (SSSR count). The highest BCUT2D eigenvalue weighted by Crippen LogP contribution is 2.33. The molecule has 0 aromatic heterocycles. The molecule has 1 fully saturated rings. The van der Waals surface area contributed by atoms with E-state index >= 15 is 0 Å². The van der Waals surface area contributed by atoms with Crippen LogP contribution in [0.1, 0.15) is 90.9 Å². The largest absolute Gasteiger partial charge is 0.286 e. The first kappa shape index (κ1) is 19.5. The van der Waals surface area contributed by atoms with Crippen LogP contribution in [-0.2, 0) is 4.79 Å². The molecule has 3 nitrogen and oxygen atoms in total. The highest BCUT2D eigenvalue weighted by Gasteiger charge is 2.37. The molecule has 1 unspecified atom stereocenters. The van der Waals surface area contributed by atoms with Crippen LogP contribution in [0.2, 0.25) is 0 Å². The van der Waals surface area contributed by atoms with Crippen molar-refractivity contribution in [1.29, 1.82) is 0 Å². The molecular weight excluding hydrogens is 294 g/mol. The molecule has 1 aliphatic rings. The fourth-order valence-electron chi connectivity index (χ4n) is 3.15. The van der Waals surface area contributed by atoms with Gasteiger partial charge in [-0.15, -0.1) is 0 Å². The van der Waals surface area contributed by atoms with Crippen LogP contribution in [0.3, 0.4) is 0 Å². The van der Waals surface area contributed by atoms with Gasteiger partial charge in [0.2, 0.25) is 5.91 Å². The summed E-state index contributed by atoms with van der Waals surface area (Å²) in [6, 6.07) is 0. The number of carbonyl (C=O) groups is 2. The Balaban J connectivity index is 2.35. The minimum Gasteiger partial charge on any atom is -0.286 e. The minimum atomic E-state index is -0.156. The quantitative estimate of drug-likeness (QED) is 0.443. The number of rotatable bonds is 13. The van der Waals surface area contributed by atoms with Crippen molar-refractivity contribution >= 4 is 22.9 Å². The number of hydrogen-bond donors (Lipinski definition) is 1. The highest BCUT2D eigenvalue weighted by molar-refractivity contribution is 8.15. The molecule has 0 saturated carbocycles. The lowest BCUT2D eigenvalue weighted by molar-refractivity contribution is -0.119. The fraction of sp³-hybridized carbons (Fsp3) is 0.889. The molecule has 1 atom stereocenters. The van der Waals surface area contributed by atoms with Crippen molar-refractivity contribution in [2.45, 2.75) is 96.1 Å². The van der Waals surface area contributed by atoms with Gasteiger partial charge >= 0.3 is 0 Å². The van der Waals surface area contributed by atoms with Crippen LogP contribution in [0.25, 0.3) is 0 Å². The van der Waals surface area contributed by atoms with E-state index in [1.54, 1.807) is 0 Å². The molecule has 1 N–H and O–H groups in total. The van der Waals surface area contributed by atoms with Crippen molar-refractivity contribution in [3.8, 4) is 0 Å². The second kappa shape index (κ2) is 12.0. The lowest BCUT2D eigenvalue weighted by Gasteiger charge is -2.20. The Hall–Kier alpha value is -0.510. The number of imide groups is 1. The smallest absolute Gasteiger partial charge is 0.286 e. The van der Waals surface area contributed by atoms with Gasteiger partial charge in [0.05, 0.1) is 5.25 Å². The first-order chi connectivity index (χ1) is 10.7. The number of carbonyl (C=O) groups excluding carboxylic acids is 2. The van der Waals surface area contributed by atoms with Crippen LogP contribution in [0, 0.1) is 5.92 Å². The Bertz CT molecular complexity index is 319. The summed E-state index contributed by atoms with van der Waals surface area (Å²) in [6.45, 7) is 4.45. The number of unbranched alkanes of at least 4 members (excludes halogenated alkanes) is 8. The van der Waals surface area contributed by atoms with Gasteiger partial charge in [-0.2, -0.15) is 0 Å². The van der Waals surface area contributed by atoms with Gasteiger partial charge in [0.25, 0.3) is 5.24 Å². The van der Waals surface area contributed by atoms with Crippen molar-refractivity contribution < 1.29 is 9.59 Å². The van der Waals surface area contributed by atoms with Crippen LogP contribution in [0.5, 0.6) is 0 Å². The van der Waals surface area contributed by atoms with Crippen LogP contribution in [0.4, 0.5) is 4.79 Å². The van der Waals surface area contributed by atoms with Gasteiger partial charge in [-0.25, -0.2) is 0 Å². The number of hydrogen-bond acceptors (Lipinski definition) is 3. The van der Waals surface area contributed by atoms with E-state index in [1.807, 2.05) is 0 Å². The normalized spacial score (nSPS) is 18.2. The third-order valence-electron chi connectivity index (χ3n) is 4.50. The van der Waals surface area contributed by atoms with E-state index in [0.29, 0.717) is 5.92 Å². The summed E-state index contributed by atoms with van der Waals surface area (Å²) >= 11 is 1.22. The lowest BCUT2D eigenvalue weighted by Crippen LogP contribution is -2.29. The van der Waals surface area contributed by atoms with Crippen molar-refractivity contribution in [2.75, 3.05) is 0 Å². The van der Waals surface area contributed by atoms with Crippen LogP contribution in [0.15, 0.2) is 0 Å². The lowest BCUT2D eigenvalue weighted by atomic mass is 9.91. The van der Waals surface area contributed by atoms with Crippen molar-refractivity contribution in [3.63, 3.8) is 0 Å². The summed E-state index contributed by atoms with van der Waals surface area (Å²) in [4.78, 5) is 23.4. The Morgan fingerprint density at radius 1 is 0.864 bits per heavy atom. The zero-order chi connectivity index (χ0) is 16.2. The molecule has 128 valence electrons. The average Bonchev–Trinajstić information content (AvgIpc) is 2.83. The Kier molecular flexibility index (Phi) is 10.6. The van der Waals surface area contributed by atoms with Gasteiger partial charge < -0.3 is 0 Å². The molecule has 0 aromatic carbocycles. The molecular formula is C18H33NO2S. The third-order valence-corrected chi connectivity index (χ3v) is 5.67. The topological polar surface area (TPSA) is 46.2 Å². The predicted octanol–water partition coefficient (Wildman–Crippen LogP) is 5.68. The Labute approximate surface area is 140 Å². The zero-order valence-electron chi connectivity index (χ0n) is 14.4. The van der Waals surface area contributed by atoms with Crippen molar-refractivity contribution in [2.24, 2.45) is 5.92 Å². The minimum absolute atomic E-state index is 0.0536. The maximum absolute atomic E-state index is 11.9. The van der Waals surface area contributed by atoms with Crippen molar-refractivity contribution in [3.05, 3.63) is 0 Å². The summed E-state index contributed by atoms with van der Waals surface area (Å²) in [6.07, 6.45) is 14.8. The van der Waals surface area contributed by atoms with E-state index in [9.17, 15) is 9.59 Å². The first-order valence-corrected chi connectivity index (χ1v) is 10.1. The Morgan fingerprint density at radius 3 is 1.77 bits per heavy atom. The number of amides is 2. The first-order valence-electron chi connectivity index (χ1n) is 9.20. The summed E-state index contributed by atoms with van der Waals surface area (Å²) in [5.74, 6) is 0.321.